The molecule has 0 unspecified atom stereocenters. The van der Waals surface area contributed by atoms with Gasteiger partial charge in [-0.1, -0.05) is 17.3 Å². The van der Waals surface area contributed by atoms with Crippen molar-refractivity contribution in [2.24, 2.45) is 0 Å². The van der Waals surface area contributed by atoms with Gasteiger partial charge >= 0.3 is 0 Å². The molecule has 7 heteroatoms. The van der Waals surface area contributed by atoms with Gasteiger partial charge < -0.3 is 13.7 Å². The first-order chi connectivity index (χ1) is 14.3. The topological polar surface area (TPSA) is 77.4 Å². The van der Waals surface area contributed by atoms with Crippen LogP contribution >= 0.6 is 0 Å². The third-order valence-electron chi connectivity index (χ3n) is 5.42. The number of rotatable bonds is 5. The highest BCUT2D eigenvalue weighted by Gasteiger charge is 2.25. The Morgan fingerprint density at radius 1 is 1.03 bits per heavy atom. The molecule has 0 aliphatic carbocycles. The number of piperidine rings is 1. The van der Waals surface area contributed by atoms with E-state index in [0.717, 1.165) is 54.2 Å². The van der Waals surface area contributed by atoms with Crippen molar-refractivity contribution in [3.8, 4) is 17.1 Å². The van der Waals surface area contributed by atoms with E-state index in [1.54, 1.807) is 7.11 Å². The molecule has 2 aromatic carbocycles. The maximum absolute atomic E-state index is 5.95. The van der Waals surface area contributed by atoms with Crippen LogP contribution in [0, 0.1) is 0 Å². The molecule has 5 rings (SSSR count). The molecule has 1 saturated heterocycles. The number of ether oxygens (including phenoxy) is 1. The predicted octanol–water partition coefficient (Wildman–Crippen LogP) is 4.27. The van der Waals surface area contributed by atoms with Gasteiger partial charge in [-0.2, -0.15) is 4.98 Å². The van der Waals surface area contributed by atoms with Gasteiger partial charge in [0.2, 0.25) is 11.7 Å². The monoisotopic (exact) mass is 390 g/mol. The van der Waals surface area contributed by atoms with Gasteiger partial charge in [-0.3, -0.25) is 4.90 Å². The first-order valence-corrected chi connectivity index (χ1v) is 9.83. The van der Waals surface area contributed by atoms with Crippen molar-refractivity contribution in [1.82, 2.24) is 20.0 Å². The molecule has 148 valence electrons. The van der Waals surface area contributed by atoms with Crippen LogP contribution in [0.4, 0.5) is 0 Å². The lowest BCUT2D eigenvalue weighted by Crippen LogP contribution is -2.32. The van der Waals surface area contributed by atoms with Crippen LogP contribution in [0.3, 0.4) is 0 Å². The number of fused-ring (bicyclic) bond motifs is 1. The molecule has 0 N–H and O–H groups in total. The van der Waals surface area contributed by atoms with E-state index >= 15 is 0 Å². The Morgan fingerprint density at radius 3 is 2.59 bits per heavy atom. The summed E-state index contributed by atoms with van der Waals surface area (Å²) in [6.07, 6.45) is 2.01. The summed E-state index contributed by atoms with van der Waals surface area (Å²) in [5.41, 5.74) is 2.71. The number of likely N-dealkylation sites (tertiary alicyclic amines) is 1. The van der Waals surface area contributed by atoms with E-state index in [2.05, 4.69) is 20.0 Å². The minimum atomic E-state index is 0.358. The van der Waals surface area contributed by atoms with Crippen LogP contribution in [0.15, 0.2) is 57.5 Å². The first kappa shape index (κ1) is 17.9. The Hall–Kier alpha value is -3.19. The summed E-state index contributed by atoms with van der Waals surface area (Å²) < 4.78 is 16.6. The zero-order valence-corrected chi connectivity index (χ0v) is 16.2. The van der Waals surface area contributed by atoms with E-state index in [1.807, 2.05) is 48.5 Å². The molecular weight excluding hydrogens is 368 g/mol. The number of methoxy groups -OCH3 is 1. The summed E-state index contributed by atoms with van der Waals surface area (Å²) in [5.74, 6) is 3.25. The number of oxazole rings is 1. The van der Waals surface area contributed by atoms with E-state index in [1.165, 1.54) is 0 Å². The van der Waals surface area contributed by atoms with Crippen LogP contribution in [0.5, 0.6) is 5.75 Å². The first-order valence-electron chi connectivity index (χ1n) is 9.83. The Bertz CT molecular complexity index is 1060. The van der Waals surface area contributed by atoms with Crippen LogP contribution in [0.25, 0.3) is 22.5 Å². The maximum atomic E-state index is 5.95. The van der Waals surface area contributed by atoms with Gasteiger partial charge in [0.05, 0.1) is 13.7 Å². The van der Waals surface area contributed by atoms with E-state index in [4.69, 9.17) is 13.7 Å². The molecule has 1 aliphatic rings. The van der Waals surface area contributed by atoms with Crippen molar-refractivity contribution in [3.05, 3.63) is 60.3 Å². The molecule has 2 aromatic heterocycles. The number of nitrogens with zero attached hydrogens (tertiary/aromatic N) is 4. The SMILES string of the molecule is COc1ccc(-c2noc(CN3CCC(c4nc5ccccc5o4)CC3)n2)cc1. The number of benzene rings is 2. The highest BCUT2D eigenvalue weighted by molar-refractivity contribution is 5.72. The van der Waals surface area contributed by atoms with Gasteiger partial charge in [-0.25, -0.2) is 4.98 Å². The second-order valence-electron chi connectivity index (χ2n) is 7.31. The molecular formula is C22H22N4O3. The fourth-order valence-electron chi connectivity index (χ4n) is 3.77. The minimum absolute atomic E-state index is 0.358. The van der Waals surface area contributed by atoms with Gasteiger partial charge in [0, 0.05) is 11.5 Å². The summed E-state index contributed by atoms with van der Waals surface area (Å²) in [4.78, 5) is 11.5. The lowest BCUT2D eigenvalue weighted by atomic mass is 9.97. The third-order valence-corrected chi connectivity index (χ3v) is 5.42. The van der Waals surface area contributed by atoms with E-state index in [-0.39, 0.29) is 0 Å². The number of hydrogen-bond donors (Lipinski definition) is 0. The zero-order valence-electron chi connectivity index (χ0n) is 16.2. The molecule has 0 saturated carbocycles. The van der Waals surface area contributed by atoms with Gasteiger partial charge in [-0.05, 0) is 62.3 Å². The van der Waals surface area contributed by atoms with Crippen molar-refractivity contribution in [2.75, 3.05) is 20.2 Å². The van der Waals surface area contributed by atoms with Crippen LogP contribution in [0.2, 0.25) is 0 Å². The summed E-state index contributed by atoms with van der Waals surface area (Å²) in [5, 5.41) is 4.12. The van der Waals surface area contributed by atoms with Gasteiger partial charge in [0.15, 0.2) is 11.5 Å². The highest BCUT2D eigenvalue weighted by Crippen LogP contribution is 2.30. The fraction of sp³-hybridized carbons (Fsp3) is 0.318. The average molecular weight is 390 g/mol. The quantitative estimate of drug-likeness (QED) is 0.504. The summed E-state index contributed by atoms with van der Waals surface area (Å²) >= 11 is 0. The molecule has 0 atom stereocenters. The highest BCUT2D eigenvalue weighted by atomic mass is 16.5. The average Bonchev–Trinajstić information content (AvgIpc) is 3.41. The summed E-state index contributed by atoms with van der Waals surface area (Å²) in [6, 6.07) is 15.6. The molecule has 29 heavy (non-hydrogen) atoms. The lowest BCUT2D eigenvalue weighted by molar-refractivity contribution is 0.173. The van der Waals surface area contributed by atoms with Crippen LogP contribution in [-0.2, 0) is 6.54 Å². The molecule has 7 nitrogen and oxygen atoms in total. The van der Waals surface area contributed by atoms with Crippen LogP contribution in [-0.4, -0.2) is 40.2 Å². The Kier molecular flexibility index (Phi) is 4.73. The van der Waals surface area contributed by atoms with E-state index in [0.29, 0.717) is 24.2 Å². The second kappa shape index (κ2) is 7.67. The molecule has 4 aromatic rings. The van der Waals surface area contributed by atoms with Crippen molar-refractivity contribution in [2.45, 2.75) is 25.3 Å². The molecule has 1 aliphatic heterocycles. The van der Waals surface area contributed by atoms with Crippen molar-refractivity contribution in [1.29, 1.82) is 0 Å². The largest absolute Gasteiger partial charge is 0.497 e. The molecule has 1 fully saturated rings. The Morgan fingerprint density at radius 2 is 1.83 bits per heavy atom. The number of para-hydroxylation sites is 2. The lowest BCUT2D eigenvalue weighted by Gasteiger charge is -2.29. The zero-order chi connectivity index (χ0) is 19.6. The standard InChI is InChI=1S/C22H22N4O3/c1-27-17-8-6-15(7-9-17)21-24-20(29-25-21)14-26-12-10-16(11-13-26)22-23-18-4-2-3-5-19(18)28-22/h2-9,16H,10-14H2,1H3. The Labute approximate surface area is 168 Å². The molecule has 0 radical (unpaired) electrons. The van der Waals surface area contributed by atoms with Crippen LogP contribution in [0.1, 0.15) is 30.5 Å². The molecule has 0 amide bonds. The maximum Gasteiger partial charge on any atom is 0.241 e. The van der Waals surface area contributed by atoms with E-state index < -0.39 is 0 Å². The van der Waals surface area contributed by atoms with Gasteiger partial charge in [-0.15, -0.1) is 0 Å². The predicted molar refractivity (Wildman–Crippen MR) is 108 cm³/mol. The third kappa shape index (κ3) is 3.73. The number of aromatic nitrogens is 3. The molecule has 0 bridgehead atoms. The van der Waals surface area contributed by atoms with E-state index in [9.17, 15) is 0 Å². The molecule has 3 heterocycles. The fourth-order valence-corrected chi connectivity index (χ4v) is 3.77. The second-order valence-corrected chi connectivity index (χ2v) is 7.31. The van der Waals surface area contributed by atoms with Crippen LogP contribution < -0.4 is 4.74 Å². The number of hydrogen-bond acceptors (Lipinski definition) is 7. The smallest absolute Gasteiger partial charge is 0.241 e. The van der Waals surface area contributed by atoms with Gasteiger partial charge in [0.25, 0.3) is 0 Å². The minimum Gasteiger partial charge on any atom is -0.497 e. The van der Waals surface area contributed by atoms with Gasteiger partial charge in [0.1, 0.15) is 11.3 Å². The molecule has 0 spiro atoms. The normalized spacial score (nSPS) is 15.8. The van der Waals surface area contributed by atoms with Crippen molar-refractivity contribution < 1.29 is 13.7 Å². The van der Waals surface area contributed by atoms with Crippen molar-refractivity contribution in [3.63, 3.8) is 0 Å². The summed E-state index contributed by atoms with van der Waals surface area (Å²) in [6.45, 7) is 2.55. The van der Waals surface area contributed by atoms with Crippen molar-refractivity contribution >= 4 is 11.1 Å². The summed E-state index contributed by atoms with van der Waals surface area (Å²) in [7, 11) is 1.65. The Balaban J connectivity index is 1.20.